The molecule has 16 heavy (non-hydrogen) atoms. The average molecular weight is 225 g/mol. The summed E-state index contributed by atoms with van der Waals surface area (Å²) < 4.78 is 0. The molecule has 1 aliphatic rings. The molecule has 0 atom stereocenters. The molecule has 0 saturated heterocycles. The molecule has 1 rings (SSSR count). The average Bonchev–Trinajstić information content (AvgIpc) is 2.27. The molecule has 90 valence electrons. The second kappa shape index (κ2) is 5.21. The molecule has 3 N–H and O–H groups in total. The summed E-state index contributed by atoms with van der Waals surface area (Å²) in [5, 5.41) is 2.71. The molecule has 0 aliphatic carbocycles. The van der Waals surface area contributed by atoms with Gasteiger partial charge in [0.2, 0.25) is 5.91 Å². The molecule has 0 spiro atoms. The first kappa shape index (κ1) is 12.8. The van der Waals surface area contributed by atoms with Crippen LogP contribution in [0.5, 0.6) is 0 Å². The van der Waals surface area contributed by atoms with Crippen LogP contribution in [0.3, 0.4) is 0 Å². The molecule has 1 aliphatic heterocycles. The fraction of sp³-hybridized carbons (Fsp3) is 0.727. The third-order valence-corrected chi connectivity index (χ3v) is 3.16. The van der Waals surface area contributed by atoms with E-state index in [1.54, 1.807) is 0 Å². The van der Waals surface area contributed by atoms with Crippen LogP contribution in [0.15, 0.2) is 4.99 Å². The number of rotatable bonds is 5. The molecular formula is C11H19N3O2. The number of carbonyl (C=O) groups is 2. The van der Waals surface area contributed by atoms with Crippen LogP contribution in [0.1, 0.15) is 39.5 Å². The van der Waals surface area contributed by atoms with Gasteiger partial charge in [0.15, 0.2) is 0 Å². The Kier molecular flexibility index (Phi) is 4.18. The fourth-order valence-electron chi connectivity index (χ4n) is 1.87. The summed E-state index contributed by atoms with van der Waals surface area (Å²) >= 11 is 0. The Labute approximate surface area is 95.5 Å². The summed E-state index contributed by atoms with van der Waals surface area (Å²) in [5.41, 5.74) is 4.42. The van der Waals surface area contributed by atoms with Gasteiger partial charge in [0, 0.05) is 6.42 Å². The Balaban J connectivity index is 2.88. The Morgan fingerprint density at radius 2 is 1.94 bits per heavy atom. The van der Waals surface area contributed by atoms with Crippen LogP contribution in [-0.4, -0.2) is 24.2 Å². The van der Waals surface area contributed by atoms with Crippen LogP contribution in [-0.2, 0) is 9.59 Å². The molecule has 1 heterocycles. The first-order chi connectivity index (χ1) is 7.60. The van der Waals surface area contributed by atoms with Gasteiger partial charge in [0.1, 0.15) is 11.3 Å². The first-order valence-electron chi connectivity index (χ1n) is 5.74. The summed E-state index contributed by atoms with van der Waals surface area (Å²) in [5.74, 6) is -0.0734. The van der Waals surface area contributed by atoms with Crippen molar-refractivity contribution in [2.45, 2.75) is 39.5 Å². The minimum absolute atomic E-state index is 0.218. The number of hydrogen-bond acceptors (Lipinski definition) is 3. The van der Waals surface area contributed by atoms with E-state index in [0.717, 1.165) is 6.42 Å². The molecule has 0 aromatic heterocycles. The quantitative estimate of drug-likeness (QED) is 0.671. The second-order valence-corrected chi connectivity index (χ2v) is 4.00. The number of aliphatic imine (C=N–C) groups is 1. The van der Waals surface area contributed by atoms with E-state index in [4.69, 9.17) is 5.73 Å². The Bertz CT molecular complexity index is 319. The summed E-state index contributed by atoms with van der Waals surface area (Å²) in [4.78, 5) is 27.8. The van der Waals surface area contributed by atoms with Crippen molar-refractivity contribution in [1.82, 2.24) is 5.32 Å². The number of amides is 2. The minimum atomic E-state index is -0.952. The van der Waals surface area contributed by atoms with Crippen molar-refractivity contribution >= 4 is 17.6 Å². The Morgan fingerprint density at radius 3 is 2.38 bits per heavy atom. The lowest BCUT2D eigenvalue weighted by atomic mass is 9.79. The maximum Gasteiger partial charge on any atom is 0.263 e. The molecule has 0 aromatic carbocycles. The predicted octanol–water partition coefficient (Wildman–Crippen LogP) is 0.587. The van der Waals surface area contributed by atoms with Crippen LogP contribution in [0.4, 0.5) is 0 Å². The van der Waals surface area contributed by atoms with Crippen LogP contribution >= 0.6 is 0 Å². The summed E-state index contributed by atoms with van der Waals surface area (Å²) in [6, 6.07) is 0. The van der Waals surface area contributed by atoms with E-state index >= 15 is 0 Å². The SMILES string of the molecule is CCC1(CC)C(=O)N=C(CCCN)NC1=O. The molecule has 5 nitrogen and oxygen atoms in total. The lowest BCUT2D eigenvalue weighted by Gasteiger charge is -2.30. The number of nitrogens with one attached hydrogen (secondary N) is 1. The molecular weight excluding hydrogens is 206 g/mol. The first-order valence-corrected chi connectivity index (χ1v) is 5.74. The zero-order valence-electron chi connectivity index (χ0n) is 9.88. The molecule has 0 bridgehead atoms. The van der Waals surface area contributed by atoms with Gasteiger partial charge in [0.05, 0.1) is 0 Å². The highest BCUT2D eigenvalue weighted by Gasteiger charge is 2.45. The van der Waals surface area contributed by atoms with Crippen molar-refractivity contribution in [2.24, 2.45) is 16.1 Å². The normalized spacial score (nSPS) is 19.3. The van der Waals surface area contributed by atoms with Gasteiger partial charge in [-0.05, 0) is 25.8 Å². The fourth-order valence-corrected chi connectivity index (χ4v) is 1.87. The predicted molar refractivity (Wildman–Crippen MR) is 61.9 cm³/mol. The summed E-state index contributed by atoms with van der Waals surface area (Å²) in [6.45, 7) is 4.19. The lowest BCUT2D eigenvalue weighted by Crippen LogP contribution is -2.52. The maximum atomic E-state index is 11.9. The third-order valence-electron chi connectivity index (χ3n) is 3.16. The zero-order valence-corrected chi connectivity index (χ0v) is 9.88. The van der Waals surface area contributed by atoms with Crippen molar-refractivity contribution in [2.75, 3.05) is 6.54 Å². The largest absolute Gasteiger partial charge is 0.330 e. The van der Waals surface area contributed by atoms with Gasteiger partial charge in [-0.15, -0.1) is 0 Å². The van der Waals surface area contributed by atoms with E-state index in [1.807, 2.05) is 13.8 Å². The van der Waals surface area contributed by atoms with Gasteiger partial charge < -0.3 is 11.1 Å². The minimum Gasteiger partial charge on any atom is -0.330 e. The standard InChI is InChI=1S/C11H19N3O2/c1-3-11(4-2)9(15)13-8(6-5-7-12)14-10(11)16/h3-7,12H2,1-2H3,(H,13,14,15,16). The van der Waals surface area contributed by atoms with Gasteiger partial charge in [-0.1, -0.05) is 13.8 Å². The topological polar surface area (TPSA) is 84.6 Å². The Hall–Kier alpha value is -1.23. The van der Waals surface area contributed by atoms with Crippen molar-refractivity contribution in [3.8, 4) is 0 Å². The highest BCUT2D eigenvalue weighted by atomic mass is 16.2. The van der Waals surface area contributed by atoms with E-state index in [1.165, 1.54) is 0 Å². The van der Waals surface area contributed by atoms with Gasteiger partial charge in [0.25, 0.3) is 5.91 Å². The Morgan fingerprint density at radius 1 is 1.31 bits per heavy atom. The molecule has 5 heteroatoms. The molecule has 0 aromatic rings. The maximum absolute atomic E-state index is 11.9. The van der Waals surface area contributed by atoms with E-state index < -0.39 is 5.41 Å². The van der Waals surface area contributed by atoms with E-state index in [0.29, 0.717) is 31.6 Å². The van der Waals surface area contributed by atoms with E-state index in [2.05, 4.69) is 10.3 Å². The zero-order chi connectivity index (χ0) is 12.2. The van der Waals surface area contributed by atoms with Crippen LogP contribution in [0.25, 0.3) is 0 Å². The second-order valence-electron chi connectivity index (χ2n) is 4.00. The van der Waals surface area contributed by atoms with Crippen LogP contribution in [0.2, 0.25) is 0 Å². The number of carbonyl (C=O) groups excluding carboxylic acids is 2. The lowest BCUT2D eigenvalue weighted by molar-refractivity contribution is -0.142. The molecule has 0 radical (unpaired) electrons. The molecule has 0 unspecified atom stereocenters. The van der Waals surface area contributed by atoms with E-state index in [9.17, 15) is 9.59 Å². The van der Waals surface area contributed by atoms with Crippen molar-refractivity contribution in [3.63, 3.8) is 0 Å². The molecule has 0 fully saturated rings. The van der Waals surface area contributed by atoms with Crippen molar-refractivity contribution in [3.05, 3.63) is 0 Å². The number of amidine groups is 1. The van der Waals surface area contributed by atoms with Crippen molar-refractivity contribution in [1.29, 1.82) is 0 Å². The number of nitrogens with zero attached hydrogens (tertiary/aromatic N) is 1. The highest BCUT2D eigenvalue weighted by Crippen LogP contribution is 2.30. The monoisotopic (exact) mass is 225 g/mol. The van der Waals surface area contributed by atoms with Crippen LogP contribution < -0.4 is 11.1 Å². The van der Waals surface area contributed by atoms with Gasteiger partial charge in [-0.25, -0.2) is 0 Å². The molecule has 2 amide bonds. The van der Waals surface area contributed by atoms with Gasteiger partial charge >= 0.3 is 0 Å². The summed E-state index contributed by atoms with van der Waals surface area (Å²) in [7, 11) is 0. The number of nitrogens with two attached hydrogens (primary N) is 1. The van der Waals surface area contributed by atoms with E-state index in [-0.39, 0.29) is 11.8 Å². The summed E-state index contributed by atoms with van der Waals surface area (Å²) in [6.07, 6.45) is 2.25. The van der Waals surface area contributed by atoms with Gasteiger partial charge in [-0.3, -0.25) is 9.59 Å². The molecule has 0 saturated carbocycles. The van der Waals surface area contributed by atoms with Gasteiger partial charge in [-0.2, -0.15) is 4.99 Å². The van der Waals surface area contributed by atoms with Crippen LogP contribution in [0, 0.1) is 5.41 Å². The van der Waals surface area contributed by atoms with Crippen molar-refractivity contribution < 1.29 is 9.59 Å². The highest BCUT2D eigenvalue weighted by molar-refractivity contribution is 6.18. The number of hydrogen-bond donors (Lipinski definition) is 2. The third kappa shape index (κ3) is 2.14. The smallest absolute Gasteiger partial charge is 0.263 e.